The van der Waals surface area contributed by atoms with E-state index in [0.717, 1.165) is 6.07 Å². The molecule has 0 aliphatic rings. The van der Waals surface area contributed by atoms with Crippen molar-refractivity contribution in [2.45, 2.75) is 18.7 Å². The van der Waals surface area contributed by atoms with E-state index in [4.69, 9.17) is 0 Å². The molecule has 0 aromatic heterocycles. The van der Waals surface area contributed by atoms with Crippen LogP contribution in [0.2, 0.25) is 0 Å². The summed E-state index contributed by atoms with van der Waals surface area (Å²) >= 11 is 3.28. The van der Waals surface area contributed by atoms with Crippen molar-refractivity contribution in [3.05, 3.63) is 69.4 Å². The molecule has 0 radical (unpaired) electrons. The molecule has 2 aromatic rings. The van der Waals surface area contributed by atoms with E-state index in [1.165, 1.54) is 0 Å². The van der Waals surface area contributed by atoms with Gasteiger partial charge < -0.3 is 5.11 Å². The summed E-state index contributed by atoms with van der Waals surface area (Å²) in [7, 11) is 0. The van der Waals surface area contributed by atoms with Crippen LogP contribution in [0.15, 0.2) is 46.9 Å². The third-order valence-corrected chi connectivity index (χ3v) is 3.83. The average molecular weight is 363 g/mol. The summed E-state index contributed by atoms with van der Waals surface area (Å²) in [4.78, 5) is 0. The first-order chi connectivity index (χ1) is 9.79. The second-order valence-corrected chi connectivity index (χ2v) is 5.40. The van der Waals surface area contributed by atoms with Crippen LogP contribution in [0.3, 0.4) is 0 Å². The van der Waals surface area contributed by atoms with Gasteiger partial charge in [-0.1, -0.05) is 34.1 Å². The van der Waals surface area contributed by atoms with Gasteiger partial charge in [0.25, 0.3) is 0 Å². The third-order valence-electron chi connectivity index (χ3n) is 3.05. The highest BCUT2D eigenvalue weighted by Crippen LogP contribution is 2.33. The first-order valence-corrected chi connectivity index (χ1v) is 6.86. The fourth-order valence-corrected chi connectivity index (χ4v) is 2.40. The summed E-state index contributed by atoms with van der Waals surface area (Å²) in [5, 5.41) is 10.0. The number of aliphatic hydroxyl groups is 1. The van der Waals surface area contributed by atoms with Gasteiger partial charge in [0, 0.05) is 16.5 Å². The van der Waals surface area contributed by atoms with E-state index in [1.54, 1.807) is 24.3 Å². The number of rotatable bonds is 3. The molecule has 1 nitrogen and oxygen atoms in total. The molecule has 0 aliphatic heterocycles. The lowest BCUT2D eigenvalue weighted by molar-refractivity contribution is -0.137. The van der Waals surface area contributed by atoms with Crippen molar-refractivity contribution in [2.24, 2.45) is 0 Å². The molecule has 2 aromatic carbocycles. The number of hydrogen-bond acceptors (Lipinski definition) is 1. The van der Waals surface area contributed by atoms with Gasteiger partial charge in [0.1, 0.15) is 5.82 Å². The van der Waals surface area contributed by atoms with Gasteiger partial charge in [-0.25, -0.2) is 4.39 Å². The van der Waals surface area contributed by atoms with Crippen molar-refractivity contribution >= 4 is 15.9 Å². The first-order valence-electron chi connectivity index (χ1n) is 6.07. The molecule has 112 valence electrons. The largest absolute Gasteiger partial charge is 0.416 e. The van der Waals surface area contributed by atoms with Crippen LogP contribution in [0.25, 0.3) is 0 Å². The Kier molecular flexibility index (Phi) is 4.68. The normalized spacial score (nSPS) is 13.2. The Morgan fingerprint density at radius 3 is 2.38 bits per heavy atom. The van der Waals surface area contributed by atoms with Crippen LogP contribution in [0.5, 0.6) is 0 Å². The summed E-state index contributed by atoms with van der Waals surface area (Å²) in [5.74, 6) is -0.859. The minimum absolute atomic E-state index is 0.0135. The Balaban J connectivity index is 2.31. The first kappa shape index (κ1) is 16.0. The SMILES string of the molecule is OC(Cc1ccccc1Br)c1cc(C(F)(F)F)ccc1F. The Labute approximate surface area is 127 Å². The van der Waals surface area contributed by atoms with Crippen LogP contribution in [0.1, 0.15) is 22.8 Å². The molecule has 6 heteroatoms. The molecule has 1 atom stereocenters. The molecule has 21 heavy (non-hydrogen) atoms. The maximum absolute atomic E-state index is 13.7. The molecule has 0 fully saturated rings. The van der Waals surface area contributed by atoms with Crippen molar-refractivity contribution in [3.8, 4) is 0 Å². The Morgan fingerprint density at radius 2 is 1.76 bits per heavy atom. The predicted octanol–water partition coefficient (Wildman–Crippen LogP) is 4.88. The van der Waals surface area contributed by atoms with Crippen molar-refractivity contribution in [1.82, 2.24) is 0 Å². The monoisotopic (exact) mass is 362 g/mol. The molecule has 0 spiro atoms. The number of hydrogen-bond donors (Lipinski definition) is 1. The summed E-state index contributed by atoms with van der Waals surface area (Å²) in [5.41, 5.74) is -0.660. The van der Waals surface area contributed by atoms with E-state index in [0.29, 0.717) is 22.2 Å². The topological polar surface area (TPSA) is 20.2 Å². The maximum Gasteiger partial charge on any atom is 0.416 e. The molecule has 0 bridgehead atoms. The molecule has 0 saturated heterocycles. The lowest BCUT2D eigenvalue weighted by Gasteiger charge is -2.15. The van der Waals surface area contributed by atoms with Crippen LogP contribution in [-0.2, 0) is 12.6 Å². The van der Waals surface area contributed by atoms with Gasteiger partial charge in [0.2, 0.25) is 0 Å². The minimum Gasteiger partial charge on any atom is -0.388 e. The summed E-state index contributed by atoms with van der Waals surface area (Å²) in [6, 6.07) is 8.98. The molecular formula is C15H11BrF4O. The zero-order chi connectivity index (χ0) is 15.6. The van der Waals surface area contributed by atoms with Crippen LogP contribution in [0.4, 0.5) is 17.6 Å². The lowest BCUT2D eigenvalue weighted by Crippen LogP contribution is -2.10. The Hall–Kier alpha value is -1.40. The zero-order valence-electron chi connectivity index (χ0n) is 10.7. The number of alkyl halides is 3. The molecule has 2 rings (SSSR count). The Morgan fingerprint density at radius 1 is 1.10 bits per heavy atom. The fourth-order valence-electron chi connectivity index (χ4n) is 1.96. The molecule has 0 saturated carbocycles. The molecule has 0 amide bonds. The quantitative estimate of drug-likeness (QED) is 0.771. The summed E-state index contributed by atoms with van der Waals surface area (Å²) in [6.45, 7) is 0. The predicted molar refractivity (Wildman–Crippen MR) is 74.2 cm³/mol. The van der Waals surface area contributed by atoms with Crippen molar-refractivity contribution in [1.29, 1.82) is 0 Å². The van der Waals surface area contributed by atoms with Crippen molar-refractivity contribution in [3.63, 3.8) is 0 Å². The summed E-state index contributed by atoms with van der Waals surface area (Å²) < 4.78 is 52.3. The van der Waals surface area contributed by atoms with E-state index in [9.17, 15) is 22.7 Å². The van der Waals surface area contributed by atoms with Crippen LogP contribution in [-0.4, -0.2) is 5.11 Å². The number of aliphatic hydroxyl groups excluding tert-OH is 1. The van der Waals surface area contributed by atoms with E-state index >= 15 is 0 Å². The van der Waals surface area contributed by atoms with Gasteiger partial charge in [-0.05, 0) is 29.8 Å². The van der Waals surface area contributed by atoms with Gasteiger partial charge >= 0.3 is 6.18 Å². The fraction of sp³-hybridized carbons (Fsp3) is 0.200. The van der Waals surface area contributed by atoms with Crippen molar-refractivity contribution < 1.29 is 22.7 Å². The van der Waals surface area contributed by atoms with E-state index < -0.39 is 23.7 Å². The third kappa shape index (κ3) is 3.83. The lowest BCUT2D eigenvalue weighted by atomic mass is 9.99. The summed E-state index contributed by atoms with van der Waals surface area (Å²) in [6.07, 6.45) is -5.92. The highest BCUT2D eigenvalue weighted by Gasteiger charge is 2.31. The smallest absolute Gasteiger partial charge is 0.388 e. The molecule has 0 heterocycles. The van der Waals surface area contributed by atoms with Gasteiger partial charge in [-0.15, -0.1) is 0 Å². The Bertz CT molecular complexity index is 640. The molecular weight excluding hydrogens is 352 g/mol. The molecule has 1 N–H and O–H groups in total. The number of benzene rings is 2. The van der Waals surface area contributed by atoms with Gasteiger partial charge in [0.15, 0.2) is 0 Å². The van der Waals surface area contributed by atoms with E-state index in [1.807, 2.05) is 0 Å². The maximum atomic E-state index is 13.7. The van der Waals surface area contributed by atoms with Crippen LogP contribution < -0.4 is 0 Å². The second kappa shape index (κ2) is 6.15. The molecule has 0 aliphatic carbocycles. The minimum atomic E-state index is -4.57. The van der Waals surface area contributed by atoms with Gasteiger partial charge in [-0.3, -0.25) is 0 Å². The van der Waals surface area contributed by atoms with Crippen molar-refractivity contribution in [2.75, 3.05) is 0 Å². The van der Waals surface area contributed by atoms with E-state index in [2.05, 4.69) is 15.9 Å². The van der Waals surface area contributed by atoms with Gasteiger partial charge in [0.05, 0.1) is 11.7 Å². The number of halogens is 5. The zero-order valence-corrected chi connectivity index (χ0v) is 12.2. The van der Waals surface area contributed by atoms with Gasteiger partial charge in [-0.2, -0.15) is 13.2 Å². The standard InChI is InChI=1S/C15H11BrF4O/c16-12-4-2-1-3-9(12)7-14(21)11-8-10(15(18,19)20)5-6-13(11)17/h1-6,8,14,21H,7H2. The average Bonchev–Trinajstić information content (AvgIpc) is 2.40. The second-order valence-electron chi connectivity index (χ2n) is 4.55. The highest BCUT2D eigenvalue weighted by atomic mass is 79.9. The van der Waals surface area contributed by atoms with Crippen LogP contribution >= 0.6 is 15.9 Å². The molecule has 1 unspecified atom stereocenters. The highest BCUT2D eigenvalue weighted by molar-refractivity contribution is 9.10. The van der Waals surface area contributed by atoms with E-state index in [-0.39, 0.29) is 12.0 Å². The van der Waals surface area contributed by atoms with Crippen LogP contribution in [0, 0.1) is 5.82 Å².